The minimum Gasteiger partial charge on any atom is -0.349 e. The lowest BCUT2D eigenvalue weighted by atomic mass is 9.93. The van der Waals surface area contributed by atoms with Crippen LogP contribution < -0.4 is 4.90 Å². The molecule has 0 aliphatic carbocycles. The van der Waals surface area contributed by atoms with Crippen LogP contribution in [0.25, 0.3) is 0 Å². The molecule has 2 heterocycles. The minimum absolute atomic E-state index is 0.373. The zero-order valence-corrected chi connectivity index (χ0v) is 11.7. The second kappa shape index (κ2) is 4.65. The Labute approximate surface area is 114 Å². The fourth-order valence-electron chi connectivity index (χ4n) is 2.88. The molecule has 0 N–H and O–H groups in total. The summed E-state index contributed by atoms with van der Waals surface area (Å²) in [6, 6.07) is 9.09. The van der Waals surface area contributed by atoms with Crippen molar-refractivity contribution in [3.63, 3.8) is 0 Å². The number of hydrogen-bond donors (Lipinski definition) is 0. The van der Waals surface area contributed by atoms with Crippen molar-refractivity contribution in [3.05, 3.63) is 53.0 Å². The molecular formula is C16H19N3. The molecule has 0 radical (unpaired) electrons. The number of anilines is 1. The first-order valence-electron chi connectivity index (χ1n) is 6.81. The van der Waals surface area contributed by atoms with Crippen LogP contribution in [0.4, 0.5) is 5.82 Å². The largest absolute Gasteiger partial charge is 0.349 e. The number of nitrogens with zero attached hydrogens (tertiary/aromatic N) is 3. The highest BCUT2D eigenvalue weighted by atomic mass is 15.2. The molecule has 1 unspecified atom stereocenters. The number of aromatic nitrogens is 2. The molecule has 1 atom stereocenters. The Hall–Kier alpha value is -1.90. The SMILES string of the molecule is Cc1ncnc(N2CCc3ccccc3C2C)c1C. The summed E-state index contributed by atoms with van der Waals surface area (Å²) in [4.78, 5) is 11.2. The van der Waals surface area contributed by atoms with Gasteiger partial charge in [0, 0.05) is 17.8 Å². The second-order valence-corrected chi connectivity index (χ2v) is 5.23. The maximum absolute atomic E-state index is 4.50. The summed E-state index contributed by atoms with van der Waals surface area (Å²) < 4.78 is 0. The number of aryl methyl sites for hydroxylation is 1. The minimum atomic E-state index is 0.373. The van der Waals surface area contributed by atoms with Crippen LogP contribution in [0, 0.1) is 13.8 Å². The van der Waals surface area contributed by atoms with E-state index in [4.69, 9.17) is 0 Å². The van der Waals surface area contributed by atoms with Crippen LogP contribution in [0.2, 0.25) is 0 Å². The Morgan fingerprint density at radius 1 is 1.16 bits per heavy atom. The summed E-state index contributed by atoms with van der Waals surface area (Å²) in [6.07, 6.45) is 2.76. The van der Waals surface area contributed by atoms with Crippen molar-refractivity contribution >= 4 is 5.82 Å². The molecule has 2 aromatic rings. The van der Waals surface area contributed by atoms with Gasteiger partial charge in [0.15, 0.2) is 0 Å². The van der Waals surface area contributed by atoms with Gasteiger partial charge in [0.25, 0.3) is 0 Å². The molecule has 0 bridgehead atoms. The summed E-state index contributed by atoms with van der Waals surface area (Å²) in [5.41, 5.74) is 5.14. The topological polar surface area (TPSA) is 29.0 Å². The van der Waals surface area contributed by atoms with Crippen molar-refractivity contribution in [3.8, 4) is 0 Å². The maximum Gasteiger partial charge on any atom is 0.135 e. The van der Waals surface area contributed by atoms with Crippen molar-refractivity contribution in [1.82, 2.24) is 9.97 Å². The molecule has 1 aromatic heterocycles. The Morgan fingerprint density at radius 2 is 1.95 bits per heavy atom. The van der Waals surface area contributed by atoms with Gasteiger partial charge in [-0.05, 0) is 38.3 Å². The average molecular weight is 253 g/mol. The van der Waals surface area contributed by atoms with E-state index in [1.807, 2.05) is 6.92 Å². The van der Waals surface area contributed by atoms with Gasteiger partial charge in [-0.2, -0.15) is 0 Å². The molecule has 3 rings (SSSR count). The Bertz CT molecular complexity index is 607. The van der Waals surface area contributed by atoms with Crippen molar-refractivity contribution in [2.45, 2.75) is 33.2 Å². The van der Waals surface area contributed by atoms with Gasteiger partial charge in [-0.15, -0.1) is 0 Å². The fraction of sp³-hybridized carbons (Fsp3) is 0.375. The standard InChI is InChI=1S/C16H19N3/c1-11-12(2)17-10-18-16(11)19-9-8-14-6-4-5-7-15(14)13(19)3/h4-7,10,13H,8-9H2,1-3H3. The van der Waals surface area contributed by atoms with E-state index in [0.717, 1.165) is 24.5 Å². The van der Waals surface area contributed by atoms with E-state index in [1.165, 1.54) is 16.7 Å². The molecule has 1 aliphatic heterocycles. The zero-order chi connectivity index (χ0) is 13.4. The van der Waals surface area contributed by atoms with E-state index in [1.54, 1.807) is 6.33 Å². The van der Waals surface area contributed by atoms with Gasteiger partial charge >= 0.3 is 0 Å². The van der Waals surface area contributed by atoms with E-state index in [2.05, 4.69) is 53.0 Å². The first-order valence-corrected chi connectivity index (χ1v) is 6.81. The highest BCUT2D eigenvalue weighted by Crippen LogP contribution is 2.33. The molecule has 0 spiro atoms. The van der Waals surface area contributed by atoms with Gasteiger partial charge < -0.3 is 4.90 Å². The van der Waals surface area contributed by atoms with Crippen molar-refractivity contribution in [2.75, 3.05) is 11.4 Å². The van der Waals surface area contributed by atoms with Gasteiger partial charge in [-0.3, -0.25) is 0 Å². The van der Waals surface area contributed by atoms with Crippen LogP contribution in [0.5, 0.6) is 0 Å². The van der Waals surface area contributed by atoms with Gasteiger partial charge in [0.2, 0.25) is 0 Å². The molecule has 19 heavy (non-hydrogen) atoms. The monoisotopic (exact) mass is 253 g/mol. The molecule has 1 aliphatic rings. The third-order valence-electron chi connectivity index (χ3n) is 4.18. The average Bonchev–Trinajstić information content (AvgIpc) is 2.43. The molecule has 3 nitrogen and oxygen atoms in total. The van der Waals surface area contributed by atoms with Crippen molar-refractivity contribution in [2.24, 2.45) is 0 Å². The van der Waals surface area contributed by atoms with E-state index in [9.17, 15) is 0 Å². The summed E-state index contributed by atoms with van der Waals surface area (Å²) in [5.74, 6) is 1.08. The van der Waals surface area contributed by atoms with Crippen LogP contribution in [0.1, 0.15) is 35.3 Å². The fourth-order valence-corrected chi connectivity index (χ4v) is 2.88. The normalized spacial score (nSPS) is 18.3. The number of hydrogen-bond acceptors (Lipinski definition) is 3. The maximum atomic E-state index is 4.50. The highest BCUT2D eigenvalue weighted by molar-refractivity contribution is 5.52. The Morgan fingerprint density at radius 3 is 2.79 bits per heavy atom. The molecular weight excluding hydrogens is 234 g/mol. The number of fused-ring (bicyclic) bond motifs is 1. The third-order valence-corrected chi connectivity index (χ3v) is 4.18. The van der Waals surface area contributed by atoms with Crippen LogP contribution >= 0.6 is 0 Å². The summed E-state index contributed by atoms with van der Waals surface area (Å²) in [7, 11) is 0. The number of rotatable bonds is 1. The molecule has 3 heteroatoms. The lowest BCUT2D eigenvalue weighted by molar-refractivity contribution is 0.614. The van der Waals surface area contributed by atoms with Gasteiger partial charge in [-0.25, -0.2) is 9.97 Å². The van der Waals surface area contributed by atoms with Crippen LogP contribution in [0.15, 0.2) is 30.6 Å². The lowest BCUT2D eigenvalue weighted by Gasteiger charge is -2.37. The van der Waals surface area contributed by atoms with E-state index in [-0.39, 0.29) is 0 Å². The van der Waals surface area contributed by atoms with Gasteiger partial charge in [0.05, 0.1) is 6.04 Å². The first kappa shape index (κ1) is 12.2. The third kappa shape index (κ3) is 1.99. The van der Waals surface area contributed by atoms with Crippen molar-refractivity contribution < 1.29 is 0 Å². The van der Waals surface area contributed by atoms with Crippen LogP contribution in [-0.2, 0) is 6.42 Å². The number of benzene rings is 1. The highest BCUT2D eigenvalue weighted by Gasteiger charge is 2.25. The van der Waals surface area contributed by atoms with Gasteiger partial charge in [-0.1, -0.05) is 24.3 Å². The zero-order valence-electron chi connectivity index (χ0n) is 11.7. The van der Waals surface area contributed by atoms with Crippen molar-refractivity contribution in [1.29, 1.82) is 0 Å². The van der Waals surface area contributed by atoms with Gasteiger partial charge in [0.1, 0.15) is 12.1 Å². The molecule has 0 saturated carbocycles. The first-order chi connectivity index (χ1) is 9.18. The predicted molar refractivity (Wildman–Crippen MR) is 77.4 cm³/mol. The Kier molecular flexibility index (Phi) is 2.97. The Balaban J connectivity index is 2.02. The molecule has 98 valence electrons. The van der Waals surface area contributed by atoms with E-state index < -0.39 is 0 Å². The second-order valence-electron chi connectivity index (χ2n) is 5.23. The molecule has 0 saturated heterocycles. The summed E-state index contributed by atoms with van der Waals surface area (Å²) in [6.45, 7) is 7.44. The summed E-state index contributed by atoms with van der Waals surface area (Å²) >= 11 is 0. The summed E-state index contributed by atoms with van der Waals surface area (Å²) in [5, 5.41) is 0. The van der Waals surface area contributed by atoms with Crippen LogP contribution in [0.3, 0.4) is 0 Å². The quantitative estimate of drug-likeness (QED) is 0.781. The smallest absolute Gasteiger partial charge is 0.135 e. The lowest BCUT2D eigenvalue weighted by Crippen LogP contribution is -2.35. The molecule has 0 amide bonds. The molecule has 0 fully saturated rings. The van der Waals surface area contributed by atoms with Crippen LogP contribution in [-0.4, -0.2) is 16.5 Å². The molecule has 1 aromatic carbocycles. The van der Waals surface area contributed by atoms with E-state index in [0.29, 0.717) is 6.04 Å². The van der Waals surface area contributed by atoms with E-state index >= 15 is 0 Å². The predicted octanol–water partition coefficient (Wildman–Crippen LogP) is 3.22.